The smallest absolute Gasteiger partial charge is 0.228 e. The van der Waals surface area contributed by atoms with Crippen molar-refractivity contribution in [3.63, 3.8) is 0 Å². The monoisotopic (exact) mass is 341 g/mol. The van der Waals surface area contributed by atoms with Gasteiger partial charge in [-0.25, -0.2) is 0 Å². The van der Waals surface area contributed by atoms with E-state index in [2.05, 4.69) is 15.6 Å². The van der Waals surface area contributed by atoms with Crippen molar-refractivity contribution < 1.29 is 9.59 Å². The first-order valence-electron chi connectivity index (χ1n) is 7.45. The Morgan fingerprint density at radius 3 is 2.38 bits per heavy atom. The quantitative estimate of drug-likeness (QED) is 0.672. The van der Waals surface area contributed by atoms with Gasteiger partial charge in [0.15, 0.2) is 0 Å². The van der Waals surface area contributed by atoms with E-state index in [1.807, 2.05) is 12.1 Å². The molecule has 6 heteroatoms. The molecule has 0 saturated heterocycles. The Bertz CT molecular complexity index is 900. The lowest BCUT2D eigenvalue weighted by Crippen LogP contribution is -2.14. The predicted molar refractivity (Wildman–Crippen MR) is 96.4 cm³/mol. The highest BCUT2D eigenvalue weighted by Gasteiger charge is 2.11. The first-order valence-corrected chi connectivity index (χ1v) is 7.83. The molecule has 0 unspecified atom stereocenters. The maximum absolute atomic E-state index is 12.3. The summed E-state index contributed by atoms with van der Waals surface area (Å²) in [5, 5.41) is 7.01. The Kier molecular flexibility index (Phi) is 4.53. The molecule has 0 radical (unpaired) electrons. The van der Waals surface area contributed by atoms with Gasteiger partial charge < -0.3 is 15.6 Å². The number of benzene rings is 2. The molecule has 24 heavy (non-hydrogen) atoms. The van der Waals surface area contributed by atoms with Crippen molar-refractivity contribution in [2.24, 2.45) is 0 Å². The van der Waals surface area contributed by atoms with Gasteiger partial charge in [-0.3, -0.25) is 9.59 Å². The lowest BCUT2D eigenvalue weighted by molar-refractivity contribution is -0.116. The molecule has 122 valence electrons. The van der Waals surface area contributed by atoms with Crippen LogP contribution in [0.15, 0.2) is 48.7 Å². The van der Waals surface area contributed by atoms with Crippen LogP contribution in [0.2, 0.25) is 5.02 Å². The van der Waals surface area contributed by atoms with Crippen molar-refractivity contribution in [3.8, 4) is 0 Å². The molecule has 0 aliphatic heterocycles. The molecule has 0 spiro atoms. The van der Waals surface area contributed by atoms with E-state index in [4.69, 9.17) is 11.6 Å². The summed E-state index contributed by atoms with van der Waals surface area (Å²) >= 11 is 6.22. The molecule has 3 aromatic rings. The highest BCUT2D eigenvalue weighted by molar-refractivity contribution is 6.35. The van der Waals surface area contributed by atoms with E-state index < -0.39 is 0 Å². The lowest BCUT2D eigenvalue weighted by atomic mass is 10.1. The third-order valence-corrected chi connectivity index (χ3v) is 3.89. The first-order chi connectivity index (χ1) is 11.5. The van der Waals surface area contributed by atoms with Gasteiger partial charge in [0.25, 0.3) is 0 Å². The lowest BCUT2D eigenvalue weighted by Gasteiger charge is -2.07. The molecule has 0 atom stereocenters. The summed E-state index contributed by atoms with van der Waals surface area (Å²) in [7, 11) is 0. The number of aromatic amines is 1. The molecule has 3 N–H and O–H groups in total. The molecule has 0 bridgehead atoms. The van der Waals surface area contributed by atoms with Crippen molar-refractivity contribution in [1.29, 1.82) is 0 Å². The highest BCUT2D eigenvalue weighted by Crippen LogP contribution is 2.27. The van der Waals surface area contributed by atoms with E-state index in [1.54, 1.807) is 36.5 Å². The molecule has 3 rings (SSSR count). The van der Waals surface area contributed by atoms with Gasteiger partial charge >= 0.3 is 0 Å². The van der Waals surface area contributed by atoms with E-state index in [0.29, 0.717) is 16.4 Å². The zero-order valence-electron chi connectivity index (χ0n) is 13.0. The largest absolute Gasteiger partial charge is 0.361 e. The maximum Gasteiger partial charge on any atom is 0.228 e. The van der Waals surface area contributed by atoms with Gasteiger partial charge in [-0.15, -0.1) is 0 Å². The number of fused-ring (bicyclic) bond motifs is 1. The normalized spacial score (nSPS) is 10.6. The average molecular weight is 342 g/mol. The zero-order valence-corrected chi connectivity index (χ0v) is 13.8. The summed E-state index contributed by atoms with van der Waals surface area (Å²) in [4.78, 5) is 26.4. The molecule has 5 nitrogen and oxygen atoms in total. The molecule has 0 aliphatic carbocycles. The SMILES string of the molecule is CC(=O)Nc1ccc(NC(=O)Cc2c[nH]c3cccc(Cl)c23)cc1. The number of rotatable bonds is 4. The minimum Gasteiger partial charge on any atom is -0.361 e. The van der Waals surface area contributed by atoms with Crippen LogP contribution < -0.4 is 10.6 Å². The number of aromatic nitrogens is 1. The van der Waals surface area contributed by atoms with Crippen molar-refractivity contribution >= 4 is 45.7 Å². The third kappa shape index (κ3) is 3.58. The van der Waals surface area contributed by atoms with Crippen LogP contribution in [0.5, 0.6) is 0 Å². The second-order valence-electron chi connectivity index (χ2n) is 5.46. The fourth-order valence-corrected chi connectivity index (χ4v) is 2.86. The van der Waals surface area contributed by atoms with Crippen molar-refractivity contribution in [2.45, 2.75) is 13.3 Å². The second kappa shape index (κ2) is 6.76. The number of amides is 2. The summed E-state index contributed by atoms with van der Waals surface area (Å²) in [6.07, 6.45) is 2.02. The van der Waals surface area contributed by atoms with Crippen LogP contribution in [-0.2, 0) is 16.0 Å². The van der Waals surface area contributed by atoms with Crippen molar-refractivity contribution in [2.75, 3.05) is 10.6 Å². The highest BCUT2D eigenvalue weighted by atomic mass is 35.5. The Balaban J connectivity index is 1.70. The molecule has 0 aliphatic rings. The fraction of sp³-hybridized carbons (Fsp3) is 0.111. The number of anilines is 2. The Morgan fingerprint density at radius 2 is 1.71 bits per heavy atom. The predicted octanol–water partition coefficient (Wildman–Crippen LogP) is 3.96. The summed E-state index contributed by atoms with van der Waals surface area (Å²) < 4.78 is 0. The standard InChI is InChI=1S/C18H16ClN3O2/c1-11(23)21-13-5-7-14(8-6-13)22-17(24)9-12-10-20-16-4-2-3-15(19)18(12)16/h2-8,10,20H,9H2,1H3,(H,21,23)(H,22,24). The van der Waals surface area contributed by atoms with E-state index >= 15 is 0 Å². The van der Waals surface area contributed by atoms with Gasteiger partial charge in [0, 0.05) is 35.4 Å². The zero-order chi connectivity index (χ0) is 17.1. The van der Waals surface area contributed by atoms with Gasteiger partial charge in [-0.2, -0.15) is 0 Å². The molecule has 0 fully saturated rings. The van der Waals surface area contributed by atoms with Crippen molar-refractivity contribution in [3.05, 3.63) is 59.2 Å². The molecule has 1 aromatic heterocycles. The second-order valence-corrected chi connectivity index (χ2v) is 5.87. The van der Waals surface area contributed by atoms with Gasteiger partial charge in [-0.05, 0) is 42.0 Å². The van der Waals surface area contributed by atoms with E-state index in [0.717, 1.165) is 16.5 Å². The van der Waals surface area contributed by atoms with Gasteiger partial charge in [0.1, 0.15) is 0 Å². The van der Waals surface area contributed by atoms with Crippen LogP contribution in [0.1, 0.15) is 12.5 Å². The van der Waals surface area contributed by atoms with Crippen LogP contribution in [0.4, 0.5) is 11.4 Å². The molecule has 1 heterocycles. The Hall–Kier alpha value is -2.79. The third-order valence-electron chi connectivity index (χ3n) is 3.58. The minimum absolute atomic E-state index is 0.136. The summed E-state index contributed by atoms with van der Waals surface area (Å²) in [5.74, 6) is -0.272. The topological polar surface area (TPSA) is 74.0 Å². The Labute approximate surface area is 144 Å². The number of hydrogen-bond acceptors (Lipinski definition) is 2. The summed E-state index contributed by atoms with van der Waals surface area (Å²) in [6, 6.07) is 12.5. The number of H-pyrrole nitrogens is 1. The van der Waals surface area contributed by atoms with Gasteiger partial charge in [0.2, 0.25) is 11.8 Å². The number of nitrogens with one attached hydrogen (secondary N) is 3. The van der Waals surface area contributed by atoms with E-state index in [1.165, 1.54) is 6.92 Å². The van der Waals surface area contributed by atoms with Crippen LogP contribution in [-0.4, -0.2) is 16.8 Å². The van der Waals surface area contributed by atoms with Gasteiger partial charge in [-0.1, -0.05) is 17.7 Å². The van der Waals surface area contributed by atoms with Crippen LogP contribution >= 0.6 is 11.6 Å². The Morgan fingerprint density at radius 1 is 1.04 bits per heavy atom. The molecule has 2 aromatic carbocycles. The van der Waals surface area contributed by atoms with Crippen molar-refractivity contribution in [1.82, 2.24) is 4.98 Å². The summed E-state index contributed by atoms with van der Waals surface area (Å²) in [5.41, 5.74) is 3.11. The minimum atomic E-state index is -0.136. The molecule has 2 amide bonds. The van der Waals surface area contributed by atoms with Crippen LogP contribution in [0.25, 0.3) is 10.9 Å². The summed E-state index contributed by atoms with van der Waals surface area (Å²) in [6.45, 7) is 1.45. The fourth-order valence-electron chi connectivity index (χ4n) is 2.57. The van der Waals surface area contributed by atoms with Crippen LogP contribution in [0.3, 0.4) is 0 Å². The number of hydrogen-bond donors (Lipinski definition) is 3. The number of carbonyl (C=O) groups excluding carboxylic acids is 2. The van der Waals surface area contributed by atoms with E-state index in [9.17, 15) is 9.59 Å². The number of carbonyl (C=O) groups is 2. The van der Waals surface area contributed by atoms with Gasteiger partial charge in [0.05, 0.1) is 11.4 Å². The molecular weight excluding hydrogens is 326 g/mol. The van der Waals surface area contributed by atoms with E-state index in [-0.39, 0.29) is 18.2 Å². The maximum atomic E-state index is 12.3. The molecule has 0 saturated carbocycles. The average Bonchev–Trinajstić information content (AvgIpc) is 2.93. The molecular formula is C18H16ClN3O2. The van der Waals surface area contributed by atoms with Crippen LogP contribution in [0, 0.1) is 0 Å². The number of halogens is 1. The first kappa shape index (κ1) is 16.1.